The largest absolute Gasteiger partial charge is 0.393 e. The van der Waals surface area contributed by atoms with Crippen molar-refractivity contribution < 1.29 is 29.1 Å². The lowest BCUT2D eigenvalue weighted by Crippen LogP contribution is -2.60. The smallest absolute Gasteiger partial charge is 0.268 e. The first-order chi connectivity index (χ1) is 19.1. The fourth-order valence-electron chi connectivity index (χ4n) is 4.33. The molecule has 1 saturated heterocycles. The average molecular weight is 560 g/mol. The van der Waals surface area contributed by atoms with Crippen molar-refractivity contribution >= 4 is 23.8 Å². The maximum Gasteiger partial charge on any atom is 0.268 e. The molecule has 0 aromatic heterocycles. The van der Waals surface area contributed by atoms with E-state index in [0.29, 0.717) is 19.4 Å². The number of aliphatic hydroxyl groups excluding tert-OH is 1. The van der Waals surface area contributed by atoms with Crippen molar-refractivity contribution in [1.82, 2.24) is 15.5 Å². The summed E-state index contributed by atoms with van der Waals surface area (Å²) in [5.41, 5.74) is 3.49. The van der Waals surface area contributed by atoms with Crippen LogP contribution >= 0.6 is 0 Å². The molecule has 40 heavy (non-hydrogen) atoms. The molecule has 2 N–H and O–H groups in total. The van der Waals surface area contributed by atoms with Crippen LogP contribution in [0.2, 0.25) is 0 Å². The Morgan fingerprint density at radius 3 is 2.33 bits per heavy atom. The number of aliphatic hydroxyl groups is 1. The van der Waals surface area contributed by atoms with E-state index in [4.69, 9.17) is 9.57 Å². The molecule has 0 bridgehead atoms. The van der Waals surface area contributed by atoms with Gasteiger partial charge in [-0.25, -0.2) is 15.3 Å². The summed E-state index contributed by atoms with van der Waals surface area (Å²) < 4.78 is 5.59. The van der Waals surface area contributed by atoms with Crippen LogP contribution in [-0.4, -0.2) is 64.4 Å². The minimum Gasteiger partial charge on any atom is -0.393 e. The zero-order valence-electron chi connectivity index (χ0n) is 24.9. The van der Waals surface area contributed by atoms with Gasteiger partial charge in [0, 0.05) is 32.4 Å². The third kappa shape index (κ3) is 12.2. The Kier molecular flexibility index (Phi) is 14.9. The second kappa shape index (κ2) is 17.8. The van der Waals surface area contributed by atoms with Crippen LogP contribution in [0.1, 0.15) is 91.5 Å². The molecular weight excluding hydrogens is 510 g/mol. The maximum absolute atomic E-state index is 13.8. The lowest BCUT2D eigenvalue weighted by molar-refractivity contribution is -0.206. The number of amides is 3. The van der Waals surface area contributed by atoms with Gasteiger partial charge in [-0.05, 0) is 56.4 Å². The number of hydrazine groups is 1. The summed E-state index contributed by atoms with van der Waals surface area (Å²) in [4.78, 5) is 46.6. The Morgan fingerprint density at radius 2 is 1.73 bits per heavy atom. The van der Waals surface area contributed by atoms with E-state index in [2.05, 4.69) is 5.48 Å². The number of benzene rings is 1. The molecular formula is C31H49N3O6. The van der Waals surface area contributed by atoms with E-state index in [1.807, 2.05) is 70.2 Å². The van der Waals surface area contributed by atoms with Crippen LogP contribution in [0.25, 0.3) is 6.08 Å². The van der Waals surface area contributed by atoms with Gasteiger partial charge in [0.05, 0.1) is 6.10 Å². The molecule has 2 rings (SSSR count). The summed E-state index contributed by atoms with van der Waals surface area (Å²) in [6.07, 6.45) is 6.34. The molecule has 1 aromatic carbocycles. The van der Waals surface area contributed by atoms with Crippen LogP contribution in [0.4, 0.5) is 0 Å². The van der Waals surface area contributed by atoms with Crippen molar-refractivity contribution in [2.75, 3.05) is 13.2 Å². The number of hydrogen-bond acceptors (Lipinski definition) is 6. The van der Waals surface area contributed by atoms with Crippen LogP contribution in [0.3, 0.4) is 0 Å². The molecule has 0 spiro atoms. The summed E-state index contributed by atoms with van der Waals surface area (Å²) in [7, 11) is 0. The molecule has 9 heteroatoms. The normalized spacial score (nSPS) is 17.1. The number of carbonyl (C=O) groups is 3. The topological polar surface area (TPSA) is 108 Å². The SMILES string of the molecule is CC(C)CCC(=O)N([C@@H](CC=Cc1ccccc1)C(=O)NO[C@@H]1CCCCO1)N(CC(C)C)C(=O)CCC(C)O. The number of nitrogens with zero attached hydrogens (tertiary/aromatic N) is 2. The minimum atomic E-state index is -1.03. The first kappa shape index (κ1) is 33.5. The fraction of sp³-hybridized carbons (Fsp3) is 0.645. The summed E-state index contributed by atoms with van der Waals surface area (Å²) in [5, 5.41) is 12.6. The van der Waals surface area contributed by atoms with E-state index < -0.39 is 24.3 Å². The fourth-order valence-corrected chi connectivity index (χ4v) is 4.33. The molecule has 1 aliphatic heterocycles. The van der Waals surface area contributed by atoms with E-state index in [1.54, 1.807) is 6.92 Å². The van der Waals surface area contributed by atoms with Gasteiger partial charge in [-0.2, -0.15) is 0 Å². The molecule has 224 valence electrons. The Bertz CT molecular complexity index is 928. The second-order valence-electron chi connectivity index (χ2n) is 11.4. The highest BCUT2D eigenvalue weighted by molar-refractivity contribution is 5.89. The summed E-state index contributed by atoms with van der Waals surface area (Å²) >= 11 is 0. The third-order valence-corrected chi connectivity index (χ3v) is 6.55. The van der Waals surface area contributed by atoms with Crippen LogP contribution in [0.5, 0.6) is 0 Å². The Hall–Kier alpha value is -2.75. The van der Waals surface area contributed by atoms with Crippen molar-refractivity contribution in [3.63, 3.8) is 0 Å². The number of carbonyl (C=O) groups excluding carboxylic acids is 3. The highest BCUT2D eigenvalue weighted by atomic mass is 16.8. The van der Waals surface area contributed by atoms with Gasteiger partial charge in [0.15, 0.2) is 6.29 Å². The predicted molar refractivity (Wildman–Crippen MR) is 155 cm³/mol. The van der Waals surface area contributed by atoms with Crippen molar-refractivity contribution in [1.29, 1.82) is 0 Å². The summed E-state index contributed by atoms with van der Waals surface area (Å²) in [5.74, 6) is -0.837. The van der Waals surface area contributed by atoms with Gasteiger partial charge in [0.25, 0.3) is 5.91 Å². The van der Waals surface area contributed by atoms with E-state index in [0.717, 1.165) is 18.4 Å². The highest BCUT2D eigenvalue weighted by Crippen LogP contribution is 2.20. The second-order valence-corrected chi connectivity index (χ2v) is 11.4. The Morgan fingerprint density at radius 1 is 1.02 bits per heavy atom. The van der Waals surface area contributed by atoms with Crippen LogP contribution < -0.4 is 5.48 Å². The van der Waals surface area contributed by atoms with Crippen molar-refractivity contribution in [3.8, 4) is 0 Å². The molecule has 3 atom stereocenters. The number of rotatable bonds is 15. The monoisotopic (exact) mass is 559 g/mol. The lowest BCUT2D eigenvalue weighted by Gasteiger charge is -2.40. The van der Waals surface area contributed by atoms with Crippen molar-refractivity contribution in [2.24, 2.45) is 11.8 Å². The first-order valence-corrected chi connectivity index (χ1v) is 14.7. The predicted octanol–water partition coefficient (Wildman–Crippen LogP) is 4.86. The van der Waals surface area contributed by atoms with Crippen molar-refractivity contribution in [2.45, 2.75) is 104 Å². The van der Waals surface area contributed by atoms with E-state index in [1.165, 1.54) is 10.0 Å². The van der Waals surface area contributed by atoms with Crippen molar-refractivity contribution in [3.05, 3.63) is 42.0 Å². The number of hydrogen-bond donors (Lipinski definition) is 2. The zero-order valence-corrected chi connectivity index (χ0v) is 24.9. The minimum absolute atomic E-state index is 0.0337. The van der Waals surface area contributed by atoms with Gasteiger partial charge in [0.2, 0.25) is 11.8 Å². The molecule has 3 amide bonds. The Labute approximate surface area is 239 Å². The van der Waals surface area contributed by atoms with Gasteiger partial charge < -0.3 is 9.84 Å². The lowest BCUT2D eigenvalue weighted by atomic mass is 10.1. The zero-order chi connectivity index (χ0) is 29.5. The molecule has 1 heterocycles. The molecule has 9 nitrogen and oxygen atoms in total. The van der Waals surface area contributed by atoms with Gasteiger partial charge in [-0.1, -0.05) is 70.2 Å². The summed E-state index contributed by atoms with van der Waals surface area (Å²) in [6.45, 7) is 10.4. The molecule has 0 radical (unpaired) electrons. The van der Waals surface area contributed by atoms with E-state index in [-0.39, 0.29) is 55.9 Å². The van der Waals surface area contributed by atoms with Crippen LogP contribution in [-0.2, 0) is 24.0 Å². The molecule has 1 fully saturated rings. The first-order valence-electron chi connectivity index (χ1n) is 14.7. The molecule has 1 unspecified atom stereocenters. The molecule has 0 aliphatic carbocycles. The van der Waals surface area contributed by atoms with E-state index >= 15 is 0 Å². The standard InChI is InChI=1S/C31H49N3O6/c1-23(2)17-19-29(37)34(33(22-24(3)4)28(36)20-18-25(5)35)27(15-11-14-26-12-7-6-8-13-26)31(38)32-40-30-16-9-10-21-39-30/h6-8,11-14,23-25,27,30,35H,9-10,15-22H2,1-5H3,(H,32,38)/t25?,27-,30+/m0/s1. The van der Waals surface area contributed by atoms with Gasteiger partial charge in [-0.15, -0.1) is 0 Å². The molecule has 1 aromatic rings. The van der Waals surface area contributed by atoms with Crippen LogP contribution in [0, 0.1) is 11.8 Å². The van der Waals surface area contributed by atoms with Gasteiger partial charge >= 0.3 is 0 Å². The van der Waals surface area contributed by atoms with Crippen LogP contribution in [0.15, 0.2) is 36.4 Å². The van der Waals surface area contributed by atoms with Gasteiger partial charge in [0.1, 0.15) is 6.04 Å². The number of nitrogens with one attached hydrogen (secondary N) is 1. The highest BCUT2D eigenvalue weighted by Gasteiger charge is 2.37. The average Bonchev–Trinajstić information content (AvgIpc) is 2.93. The van der Waals surface area contributed by atoms with Gasteiger partial charge in [-0.3, -0.25) is 19.4 Å². The number of ether oxygens (including phenoxy) is 1. The third-order valence-electron chi connectivity index (χ3n) is 6.55. The number of hydroxylamine groups is 1. The Balaban J connectivity index is 2.42. The quantitative estimate of drug-likeness (QED) is 0.297. The maximum atomic E-state index is 13.8. The van der Waals surface area contributed by atoms with E-state index in [9.17, 15) is 19.5 Å². The summed E-state index contributed by atoms with van der Waals surface area (Å²) in [6, 6.07) is 8.65. The molecule has 0 saturated carbocycles. The molecule has 1 aliphatic rings.